The van der Waals surface area contributed by atoms with E-state index in [1.54, 1.807) is 0 Å². The van der Waals surface area contributed by atoms with Crippen LogP contribution >= 0.6 is 0 Å². The van der Waals surface area contributed by atoms with Gasteiger partial charge in [-0.1, -0.05) is 94.1 Å². The van der Waals surface area contributed by atoms with Crippen molar-refractivity contribution in [3.05, 3.63) is 108 Å². The fourth-order valence-corrected chi connectivity index (χ4v) is 4.46. The van der Waals surface area contributed by atoms with Gasteiger partial charge in [0.25, 0.3) is 0 Å². The monoisotopic (exact) mass is 466 g/mol. The van der Waals surface area contributed by atoms with Crippen LogP contribution in [0.2, 0.25) is 0 Å². The van der Waals surface area contributed by atoms with Crippen LogP contribution in [0.25, 0.3) is 5.70 Å². The second kappa shape index (κ2) is 11.7. The van der Waals surface area contributed by atoms with Gasteiger partial charge in [-0.2, -0.15) is 0 Å². The first-order chi connectivity index (χ1) is 17.0. The Kier molecular flexibility index (Phi) is 8.25. The minimum atomic E-state index is 0.242. The van der Waals surface area contributed by atoms with Gasteiger partial charge in [0, 0.05) is 23.5 Å². The number of nitrogens with one attached hydrogen (secondary N) is 3. The van der Waals surface area contributed by atoms with Gasteiger partial charge in [-0.25, -0.2) is 0 Å². The van der Waals surface area contributed by atoms with E-state index in [1.807, 2.05) is 0 Å². The highest BCUT2D eigenvalue weighted by molar-refractivity contribution is 6.00. The minimum Gasteiger partial charge on any atom is -0.385 e. The second-order valence-electron chi connectivity index (χ2n) is 9.73. The summed E-state index contributed by atoms with van der Waals surface area (Å²) in [5, 5.41) is 10.7. The second-order valence-corrected chi connectivity index (χ2v) is 9.73. The summed E-state index contributed by atoms with van der Waals surface area (Å²) in [4.78, 5) is 4.77. The first-order valence-electron chi connectivity index (χ1n) is 12.8. The SMILES string of the molecule is C=C(NCCC)c1ccc(NC(CC(C)C)c2ccc(C3=NCC(c4ccccc4)N3)cc2)cc1. The molecule has 3 N–H and O–H groups in total. The number of hydrogen-bond acceptors (Lipinski definition) is 4. The van der Waals surface area contributed by atoms with Gasteiger partial charge in [-0.15, -0.1) is 0 Å². The summed E-state index contributed by atoms with van der Waals surface area (Å²) >= 11 is 0. The van der Waals surface area contributed by atoms with E-state index in [2.05, 4.69) is 122 Å². The van der Waals surface area contributed by atoms with Gasteiger partial charge < -0.3 is 16.0 Å². The molecule has 0 bridgehead atoms. The molecule has 0 radical (unpaired) electrons. The number of rotatable bonds is 11. The predicted molar refractivity (Wildman–Crippen MR) is 150 cm³/mol. The van der Waals surface area contributed by atoms with Crippen LogP contribution in [-0.2, 0) is 0 Å². The van der Waals surface area contributed by atoms with Crippen LogP contribution in [0, 0.1) is 5.92 Å². The van der Waals surface area contributed by atoms with Gasteiger partial charge in [0.15, 0.2) is 0 Å². The maximum atomic E-state index is 4.77. The number of nitrogens with zero attached hydrogens (tertiary/aromatic N) is 1. The van der Waals surface area contributed by atoms with E-state index in [0.29, 0.717) is 5.92 Å². The summed E-state index contributed by atoms with van der Waals surface area (Å²) in [5.41, 5.74) is 6.94. The molecule has 1 aliphatic rings. The fourth-order valence-electron chi connectivity index (χ4n) is 4.46. The zero-order chi connectivity index (χ0) is 24.6. The van der Waals surface area contributed by atoms with Crippen molar-refractivity contribution in [2.75, 3.05) is 18.4 Å². The summed E-state index contributed by atoms with van der Waals surface area (Å²) in [5.74, 6) is 1.56. The van der Waals surface area contributed by atoms with Gasteiger partial charge in [0.1, 0.15) is 5.84 Å². The average molecular weight is 467 g/mol. The fraction of sp³-hybridized carbons (Fsp3) is 0.323. The molecule has 1 heterocycles. The summed E-state index contributed by atoms with van der Waals surface area (Å²) in [7, 11) is 0. The molecule has 35 heavy (non-hydrogen) atoms. The molecule has 3 aromatic rings. The Bertz CT molecular complexity index is 1110. The zero-order valence-corrected chi connectivity index (χ0v) is 21.2. The largest absolute Gasteiger partial charge is 0.385 e. The van der Waals surface area contributed by atoms with Crippen LogP contribution in [0.15, 0.2) is 90.4 Å². The molecule has 3 aromatic carbocycles. The minimum absolute atomic E-state index is 0.242. The summed E-state index contributed by atoms with van der Waals surface area (Å²) < 4.78 is 0. The molecular formula is C31H38N4. The topological polar surface area (TPSA) is 48.5 Å². The van der Waals surface area contributed by atoms with Crippen molar-refractivity contribution in [3.63, 3.8) is 0 Å². The van der Waals surface area contributed by atoms with Gasteiger partial charge >= 0.3 is 0 Å². The third-order valence-electron chi connectivity index (χ3n) is 6.40. The van der Waals surface area contributed by atoms with E-state index < -0.39 is 0 Å². The van der Waals surface area contributed by atoms with Crippen LogP contribution < -0.4 is 16.0 Å². The van der Waals surface area contributed by atoms with E-state index in [4.69, 9.17) is 4.99 Å². The lowest BCUT2D eigenvalue weighted by Crippen LogP contribution is -2.24. The van der Waals surface area contributed by atoms with Crippen LogP contribution in [0.4, 0.5) is 5.69 Å². The Labute approximate surface area is 210 Å². The lowest BCUT2D eigenvalue weighted by Gasteiger charge is -2.23. The first kappa shape index (κ1) is 24.6. The molecule has 1 aliphatic heterocycles. The molecule has 0 saturated heterocycles. The summed E-state index contributed by atoms with van der Waals surface area (Å²) in [6.07, 6.45) is 2.15. The Morgan fingerprint density at radius 1 is 1.00 bits per heavy atom. The van der Waals surface area contributed by atoms with Crippen molar-refractivity contribution in [2.24, 2.45) is 10.9 Å². The molecule has 4 rings (SSSR count). The molecule has 0 aromatic heterocycles. The van der Waals surface area contributed by atoms with Crippen LogP contribution in [0.3, 0.4) is 0 Å². The van der Waals surface area contributed by atoms with Crippen molar-refractivity contribution in [2.45, 2.75) is 45.7 Å². The highest BCUT2D eigenvalue weighted by atomic mass is 15.1. The van der Waals surface area contributed by atoms with Crippen LogP contribution in [0.1, 0.15) is 68.0 Å². The summed E-state index contributed by atoms with van der Waals surface area (Å²) in [6, 6.07) is 28.4. The number of benzene rings is 3. The molecule has 182 valence electrons. The molecule has 2 unspecified atom stereocenters. The van der Waals surface area contributed by atoms with Gasteiger partial charge in [0.2, 0.25) is 0 Å². The van der Waals surface area contributed by atoms with Crippen molar-refractivity contribution < 1.29 is 0 Å². The molecule has 0 fully saturated rings. The van der Waals surface area contributed by atoms with Gasteiger partial charge in [0.05, 0.1) is 18.6 Å². The molecular weight excluding hydrogens is 428 g/mol. The normalized spacial score (nSPS) is 15.9. The van der Waals surface area contributed by atoms with Crippen molar-refractivity contribution in [3.8, 4) is 0 Å². The lowest BCUT2D eigenvalue weighted by molar-refractivity contribution is 0.531. The molecule has 0 spiro atoms. The lowest BCUT2D eigenvalue weighted by atomic mass is 9.95. The summed E-state index contributed by atoms with van der Waals surface area (Å²) in [6.45, 7) is 12.6. The molecule has 0 aliphatic carbocycles. The Morgan fingerprint density at radius 2 is 1.71 bits per heavy atom. The van der Waals surface area contributed by atoms with Gasteiger partial charge in [-0.05, 0) is 47.6 Å². The standard InChI is InChI=1S/C31H38N4/c1-5-19-32-23(4)24-15-17-28(18-16-24)34-29(20-22(2)3)26-11-13-27(14-12-26)31-33-21-30(35-31)25-9-7-6-8-10-25/h6-18,22,29-30,32,34H,4-5,19-21H2,1-3H3,(H,33,35). The third-order valence-corrected chi connectivity index (χ3v) is 6.40. The molecule has 0 saturated carbocycles. The molecule has 2 atom stereocenters. The third kappa shape index (κ3) is 6.54. The highest BCUT2D eigenvalue weighted by Crippen LogP contribution is 2.28. The maximum absolute atomic E-state index is 4.77. The van der Waals surface area contributed by atoms with E-state index in [9.17, 15) is 0 Å². The number of aliphatic imine (C=N–C) groups is 1. The van der Waals surface area contributed by atoms with E-state index in [0.717, 1.165) is 54.3 Å². The Morgan fingerprint density at radius 3 is 2.37 bits per heavy atom. The zero-order valence-electron chi connectivity index (χ0n) is 21.2. The Hall–Kier alpha value is -3.53. The van der Waals surface area contributed by atoms with Gasteiger partial charge in [-0.3, -0.25) is 4.99 Å². The number of amidine groups is 1. The number of hydrogen-bond donors (Lipinski definition) is 3. The predicted octanol–water partition coefficient (Wildman–Crippen LogP) is 6.95. The van der Waals surface area contributed by atoms with Crippen LogP contribution in [-0.4, -0.2) is 18.9 Å². The molecule has 0 amide bonds. The highest BCUT2D eigenvalue weighted by Gasteiger charge is 2.20. The number of anilines is 1. The van der Waals surface area contributed by atoms with E-state index in [1.165, 1.54) is 11.1 Å². The molecule has 4 nitrogen and oxygen atoms in total. The van der Waals surface area contributed by atoms with E-state index in [-0.39, 0.29) is 12.1 Å². The first-order valence-corrected chi connectivity index (χ1v) is 12.8. The smallest absolute Gasteiger partial charge is 0.128 e. The van der Waals surface area contributed by atoms with Crippen molar-refractivity contribution >= 4 is 17.2 Å². The Balaban J connectivity index is 1.43. The van der Waals surface area contributed by atoms with E-state index >= 15 is 0 Å². The maximum Gasteiger partial charge on any atom is 0.128 e. The van der Waals surface area contributed by atoms with Crippen LogP contribution in [0.5, 0.6) is 0 Å². The molecule has 4 heteroatoms. The average Bonchev–Trinajstić information content (AvgIpc) is 3.38. The van der Waals surface area contributed by atoms with Crippen molar-refractivity contribution in [1.82, 2.24) is 10.6 Å². The quantitative estimate of drug-likeness (QED) is 0.287. The van der Waals surface area contributed by atoms with Crippen molar-refractivity contribution in [1.29, 1.82) is 0 Å².